The second kappa shape index (κ2) is 7.81. The van der Waals surface area contributed by atoms with Gasteiger partial charge >= 0.3 is 0 Å². The van der Waals surface area contributed by atoms with Crippen molar-refractivity contribution in [2.75, 3.05) is 6.61 Å². The molecule has 0 spiro atoms. The molecule has 1 saturated carbocycles. The molecular formula is C20H26N4O. The maximum Gasteiger partial charge on any atom is 0.0968 e. The van der Waals surface area contributed by atoms with Gasteiger partial charge in [0.2, 0.25) is 0 Å². The summed E-state index contributed by atoms with van der Waals surface area (Å²) in [5, 5.41) is 26.9. The van der Waals surface area contributed by atoms with Gasteiger partial charge in [0.25, 0.3) is 0 Å². The number of benzene rings is 1. The fraction of sp³-hybridized carbons (Fsp3) is 0.500. The number of aromatic nitrogens is 2. The van der Waals surface area contributed by atoms with E-state index in [4.69, 9.17) is 10.4 Å². The number of aryl methyl sites for hydroxylation is 1. The van der Waals surface area contributed by atoms with E-state index in [1.165, 1.54) is 0 Å². The molecule has 2 atom stereocenters. The third-order valence-corrected chi connectivity index (χ3v) is 5.32. The van der Waals surface area contributed by atoms with Gasteiger partial charge in [-0.1, -0.05) is 43.7 Å². The number of hydrogen-bond donors (Lipinski definition) is 2. The molecule has 5 nitrogen and oxygen atoms in total. The van der Waals surface area contributed by atoms with E-state index < -0.39 is 0 Å². The first kappa shape index (κ1) is 17.7. The van der Waals surface area contributed by atoms with Crippen molar-refractivity contribution in [2.45, 2.75) is 51.7 Å². The molecule has 0 aliphatic heterocycles. The lowest BCUT2D eigenvalue weighted by Gasteiger charge is -2.30. The Morgan fingerprint density at radius 3 is 2.92 bits per heavy atom. The van der Waals surface area contributed by atoms with Crippen LogP contribution in [0.4, 0.5) is 0 Å². The van der Waals surface area contributed by atoms with Gasteiger partial charge < -0.3 is 10.4 Å². The van der Waals surface area contributed by atoms with Gasteiger partial charge in [0, 0.05) is 41.9 Å². The van der Waals surface area contributed by atoms with Gasteiger partial charge in [-0.05, 0) is 12.8 Å². The molecule has 25 heavy (non-hydrogen) atoms. The minimum Gasteiger partial charge on any atom is -0.396 e. The zero-order chi connectivity index (χ0) is 17.7. The molecule has 1 aliphatic rings. The Balaban J connectivity index is 1.79. The van der Waals surface area contributed by atoms with Crippen LogP contribution in [-0.4, -0.2) is 27.5 Å². The highest BCUT2D eigenvalue weighted by atomic mass is 16.3. The second-order valence-electron chi connectivity index (χ2n) is 7.18. The molecule has 1 aromatic carbocycles. The number of nitrogens with zero attached hydrogens (tertiary/aromatic N) is 3. The quantitative estimate of drug-likeness (QED) is 0.813. The first-order chi connectivity index (χ1) is 12.2. The third-order valence-electron chi connectivity index (χ3n) is 5.32. The lowest BCUT2D eigenvalue weighted by atomic mass is 9.85. The molecule has 1 aromatic heterocycles. The summed E-state index contributed by atoms with van der Waals surface area (Å²) in [6.07, 6.45) is 5.81. The Hall–Kier alpha value is -2.16. The van der Waals surface area contributed by atoms with Gasteiger partial charge in [-0.3, -0.25) is 4.68 Å². The zero-order valence-corrected chi connectivity index (χ0v) is 14.8. The van der Waals surface area contributed by atoms with Crippen molar-refractivity contribution in [1.29, 1.82) is 5.26 Å². The maximum atomic E-state index is 9.74. The van der Waals surface area contributed by atoms with E-state index in [2.05, 4.69) is 30.4 Å². The summed E-state index contributed by atoms with van der Waals surface area (Å²) < 4.78 is 1.86. The predicted molar refractivity (Wildman–Crippen MR) is 97.6 cm³/mol. The summed E-state index contributed by atoms with van der Waals surface area (Å²) in [4.78, 5) is 0. The number of nitriles is 1. The zero-order valence-electron chi connectivity index (χ0n) is 14.8. The van der Waals surface area contributed by atoms with E-state index in [9.17, 15) is 5.11 Å². The average molecular weight is 338 g/mol. The molecule has 0 bridgehead atoms. The minimum atomic E-state index is -0.0380. The highest BCUT2D eigenvalue weighted by Gasteiger charge is 2.37. The normalized spacial score (nSPS) is 22.8. The molecule has 5 heteroatoms. The molecule has 0 amide bonds. The second-order valence-corrected chi connectivity index (χ2v) is 7.18. The third kappa shape index (κ3) is 3.92. The highest BCUT2D eigenvalue weighted by Crippen LogP contribution is 2.37. The van der Waals surface area contributed by atoms with Crippen LogP contribution in [0.15, 0.2) is 36.5 Å². The summed E-state index contributed by atoms with van der Waals surface area (Å²) >= 11 is 0. The Morgan fingerprint density at radius 2 is 2.20 bits per heavy atom. The van der Waals surface area contributed by atoms with Gasteiger partial charge in [-0.15, -0.1) is 0 Å². The minimum absolute atomic E-state index is 0.0380. The molecule has 1 aliphatic carbocycles. The molecule has 2 unspecified atom stereocenters. The van der Waals surface area contributed by atoms with Crippen LogP contribution in [0.5, 0.6) is 0 Å². The topological polar surface area (TPSA) is 73.9 Å². The number of nitrogens with one attached hydrogen (secondary N) is 1. The van der Waals surface area contributed by atoms with Crippen molar-refractivity contribution in [3.8, 4) is 17.3 Å². The molecule has 3 rings (SSSR count). The molecule has 0 saturated heterocycles. The van der Waals surface area contributed by atoms with Crippen LogP contribution >= 0.6 is 0 Å². The monoisotopic (exact) mass is 338 g/mol. The van der Waals surface area contributed by atoms with Crippen molar-refractivity contribution >= 4 is 0 Å². The van der Waals surface area contributed by atoms with Crippen LogP contribution in [0.3, 0.4) is 0 Å². The fourth-order valence-corrected chi connectivity index (χ4v) is 3.71. The summed E-state index contributed by atoms with van der Waals surface area (Å²) in [5.74, 6) is 0. The largest absolute Gasteiger partial charge is 0.396 e. The van der Waals surface area contributed by atoms with Gasteiger partial charge in [0.1, 0.15) is 0 Å². The van der Waals surface area contributed by atoms with E-state index in [0.29, 0.717) is 19.0 Å². The van der Waals surface area contributed by atoms with Crippen LogP contribution < -0.4 is 5.32 Å². The number of aliphatic hydroxyl groups is 1. The van der Waals surface area contributed by atoms with E-state index in [1.54, 1.807) is 0 Å². The van der Waals surface area contributed by atoms with Crippen LogP contribution in [0.25, 0.3) is 11.3 Å². The standard InChI is InChI=1S/C20H26N4O/c1-20(15-25)10-5-9-18(20)22-13-17-14-24(12-6-11-21)23-19(17)16-7-3-2-4-8-16/h2-4,7-8,14,18,22,25H,5-6,9-10,12-13,15H2,1H3. The molecule has 1 heterocycles. The molecular weight excluding hydrogens is 312 g/mol. The SMILES string of the molecule is CC1(CO)CCCC1NCc1cn(CCC#N)nc1-c1ccccc1. The molecule has 2 aromatic rings. The Morgan fingerprint density at radius 1 is 1.40 bits per heavy atom. The Labute approximate surface area is 149 Å². The lowest BCUT2D eigenvalue weighted by Crippen LogP contribution is -2.41. The van der Waals surface area contributed by atoms with Gasteiger partial charge in [0.15, 0.2) is 0 Å². The van der Waals surface area contributed by atoms with E-state index in [1.807, 2.05) is 29.1 Å². The molecule has 1 fully saturated rings. The summed E-state index contributed by atoms with van der Waals surface area (Å²) in [5.41, 5.74) is 3.15. The fourth-order valence-electron chi connectivity index (χ4n) is 3.71. The number of hydrogen-bond acceptors (Lipinski definition) is 4. The summed E-state index contributed by atoms with van der Waals surface area (Å²) in [6.45, 7) is 3.70. The summed E-state index contributed by atoms with van der Waals surface area (Å²) in [6, 6.07) is 12.7. The Kier molecular flexibility index (Phi) is 5.52. The van der Waals surface area contributed by atoms with Crippen LogP contribution in [0.1, 0.15) is 38.2 Å². The predicted octanol–water partition coefficient (Wildman–Crippen LogP) is 3.10. The van der Waals surface area contributed by atoms with E-state index in [0.717, 1.165) is 42.6 Å². The van der Waals surface area contributed by atoms with Crippen molar-refractivity contribution in [3.63, 3.8) is 0 Å². The van der Waals surface area contributed by atoms with Gasteiger partial charge in [-0.25, -0.2) is 0 Å². The molecule has 132 valence electrons. The Bertz CT molecular complexity index is 734. The highest BCUT2D eigenvalue weighted by molar-refractivity contribution is 5.62. The first-order valence-electron chi connectivity index (χ1n) is 8.99. The maximum absolute atomic E-state index is 9.74. The van der Waals surface area contributed by atoms with Crippen LogP contribution in [0, 0.1) is 16.7 Å². The van der Waals surface area contributed by atoms with Gasteiger partial charge in [0.05, 0.1) is 24.7 Å². The van der Waals surface area contributed by atoms with Crippen LogP contribution in [0.2, 0.25) is 0 Å². The number of rotatable bonds is 7. The van der Waals surface area contributed by atoms with Crippen molar-refractivity contribution in [3.05, 3.63) is 42.1 Å². The molecule has 2 N–H and O–H groups in total. The number of aliphatic hydroxyl groups excluding tert-OH is 1. The lowest BCUT2D eigenvalue weighted by molar-refractivity contribution is 0.118. The van der Waals surface area contributed by atoms with Crippen LogP contribution in [-0.2, 0) is 13.1 Å². The average Bonchev–Trinajstić information content (AvgIpc) is 3.22. The van der Waals surface area contributed by atoms with Crippen molar-refractivity contribution in [1.82, 2.24) is 15.1 Å². The van der Waals surface area contributed by atoms with E-state index >= 15 is 0 Å². The first-order valence-corrected chi connectivity index (χ1v) is 8.99. The van der Waals surface area contributed by atoms with Gasteiger partial charge in [-0.2, -0.15) is 10.4 Å². The van der Waals surface area contributed by atoms with Crippen molar-refractivity contribution in [2.24, 2.45) is 5.41 Å². The van der Waals surface area contributed by atoms with E-state index in [-0.39, 0.29) is 12.0 Å². The summed E-state index contributed by atoms with van der Waals surface area (Å²) in [7, 11) is 0. The van der Waals surface area contributed by atoms with Crippen molar-refractivity contribution < 1.29 is 5.11 Å². The molecule has 0 radical (unpaired) electrons. The smallest absolute Gasteiger partial charge is 0.0968 e.